The van der Waals surface area contributed by atoms with Gasteiger partial charge < -0.3 is 13.9 Å². The molecule has 0 spiro atoms. The number of carbonyl (C=O) groups is 1. The molecule has 4 heterocycles. The number of amides is 1. The first kappa shape index (κ1) is 35.7. The lowest BCUT2D eigenvalue weighted by molar-refractivity contribution is -0.127. The van der Waals surface area contributed by atoms with Gasteiger partial charge in [-0.1, -0.05) is 29.3 Å². The van der Waals surface area contributed by atoms with E-state index in [-0.39, 0.29) is 20.6 Å². The summed E-state index contributed by atoms with van der Waals surface area (Å²) in [6.45, 7) is 9.20. The lowest BCUT2D eigenvalue weighted by atomic mass is 9.80. The summed E-state index contributed by atoms with van der Waals surface area (Å²) < 4.78 is 47.4. The Morgan fingerprint density at radius 2 is 1.67 bits per heavy atom. The Labute approximate surface area is 308 Å². The number of piperazine rings is 1. The van der Waals surface area contributed by atoms with E-state index in [2.05, 4.69) is 28.6 Å². The van der Waals surface area contributed by atoms with Crippen molar-refractivity contribution in [1.82, 2.24) is 19.7 Å². The van der Waals surface area contributed by atoms with Crippen LogP contribution in [0.15, 0.2) is 76.4 Å². The number of sulfonamides is 1. The predicted octanol–water partition coefficient (Wildman–Crippen LogP) is 6.34. The van der Waals surface area contributed by atoms with Crippen molar-refractivity contribution in [2.45, 2.75) is 55.8 Å². The predicted molar refractivity (Wildman–Crippen MR) is 195 cm³/mol. The van der Waals surface area contributed by atoms with E-state index in [9.17, 15) is 8.42 Å². The lowest BCUT2D eigenvalue weighted by Crippen LogP contribution is -2.54. The molecule has 0 saturated carbocycles. The van der Waals surface area contributed by atoms with Crippen LogP contribution in [-0.2, 0) is 26.9 Å². The molecule has 4 aromatic rings. The van der Waals surface area contributed by atoms with E-state index >= 15 is 4.79 Å². The lowest BCUT2D eigenvalue weighted by Gasteiger charge is -2.41. The smallest absolute Gasteiger partial charge is 0.271 e. The summed E-state index contributed by atoms with van der Waals surface area (Å²) in [5, 5.41) is 0.294. The fourth-order valence-electron chi connectivity index (χ4n) is 7.81. The van der Waals surface area contributed by atoms with E-state index in [1.807, 2.05) is 23.1 Å². The fourth-order valence-corrected chi connectivity index (χ4v) is 9.58. The molecule has 3 aliphatic rings. The van der Waals surface area contributed by atoms with Gasteiger partial charge in [-0.3, -0.25) is 19.5 Å². The Balaban J connectivity index is 1.45. The summed E-state index contributed by atoms with van der Waals surface area (Å²) >= 11 is 13.4. The first-order valence-corrected chi connectivity index (χ1v) is 19.2. The van der Waals surface area contributed by atoms with Gasteiger partial charge in [0.25, 0.3) is 15.9 Å². The first-order valence-electron chi connectivity index (χ1n) is 17.0. The molecule has 0 aliphatic carbocycles. The van der Waals surface area contributed by atoms with Gasteiger partial charge in [0.1, 0.15) is 17.8 Å². The van der Waals surface area contributed by atoms with Gasteiger partial charge in [0.15, 0.2) is 5.54 Å². The Hall–Kier alpha value is -3.65. The summed E-state index contributed by atoms with van der Waals surface area (Å²) in [4.78, 5) is 26.9. The van der Waals surface area contributed by atoms with Gasteiger partial charge in [-0.05, 0) is 80.8 Å². The zero-order valence-corrected chi connectivity index (χ0v) is 31.3. The molecule has 0 N–H and O–H groups in total. The second-order valence-corrected chi connectivity index (χ2v) is 16.0. The average molecular weight is 755 g/mol. The second-order valence-electron chi connectivity index (χ2n) is 13.4. The third kappa shape index (κ3) is 6.09. The Morgan fingerprint density at radius 3 is 2.31 bits per heavy atom. The van der Waals surface area contributed by atoms with Crippen LogP contribution in [0.4, 0.5) is 5.69 Å². The number of hydrogen-bond donors (Lipinski definition) is 0. The zero-order valence-electron chi connectivity index (χ0n) is 29.0. The highest BCUT2D eigenvalue weighted by Crippen LogP contribution is 2.57. The normalized spacial score (nSPS) is 21.8. The van der Waals surface area contributed by atoms with Crippen LogP contribution in [0.5, 0.6) is 11.5 Å². The first-order chi connectivity index (χ1) is 24.5. The van der Waals surface area contributed by atoms with E-state index < -0.39 is 27.5 Å². The molecule has 14 heteroatoms. The highest BCUT2D eigenvalue weighted by atomic mass is 35.5. The van der Waals surface area contributed by atoms with Crippen molar-refractivity contribution in [3.8, 4) is 11.5 Å². The van der Waals surface area contributed by atoms with Crippen molar-refractivity contribution in [2.24, 2.45) is 0 Å². The minimum Gasteiger partial charge on any atom is -0.497 e. The molecular weight excluding hydrogens is 713 g/mol. The number of hydrogen-bond acceptors (Lipinski definition) is 10. The number of aromatic nitrogens is 1. The molecule has 0 radical (unpaired) electrons. The molecule has 11 nitrogen and oxygen atoms in total. The highest BCUT2D eigenvalue weighted by Gasteiger charge is 2.63. The molecule has 3 aromatic carbocycles. The van der Waals surface area contributed by atoms with Crippen molar-refractivity contribution in [3.05, 3.63) is 99.7 Å². The molecule has 2 saturated heterocycles. The van der Waals surface area contributed by atoms with Crippen molar-refractivity contribution >= 4 is 44.8 Å². The summed E-state index contributed by atoms with van der Waals surface area (Å²) in [6, 6.07) is 14.9. The van der Waals surface area contributed by atoms with Gasteiger partial charge in [-0.15, -0.1) is 0 Å². The third-order valence-electron chi connectivity index (χ3n) is 10.4. The number of nitrogens with zero attached hydrogens (tertiary/aromatic N) is 5. The molecule has 0 bridgehead atoms. The van der Waals surface area contributed by atoms with Crippen LogP contribution in [0.2, 0.25) is 10.0 Å². The number of oxazole rings is 1. The number of methoxy groups -OCH3 is 2. The van der Waals surface area contributed by atoms with Crippen molar-refractivity contribution in [2.75, 3.05) is 51.2 Å². The van der Waals surface area contributed by atoms with Gasteiger partial charge in [-0.2, -0.15) is 0 Å². The van der Waals surface area contributed by atoms with Gasteiger partial charge in [0.05, 0.1) is 47.1 Å². The number of halogens is 2. The van der Waals surface area contributed by atoms with Gasteiger partial charge >= 0.3 is 0 Å². The molecule has 270 valence electrons. The SMILES string of the molecule is COc1ccc(S(=O)(=O)N2C(=O)C(c3cc(CN4CCN(C(C)C)CC4)ccc3OC)(N3CCC[C@H]3c3ncco3)c3cc(Cl)c(Cl)cc32)cc1. The molecule has 2 fully saturated rings. The maximum atomic E-state index is 15.7. The minimum atomic E-state index is -4.49. The van der Waals surface area contributed by atoms with E-state index in [4.69, 9.17) is 37.1 Å². The van der Waals surface area contributed by atoms with Crippen LogP contribution in [-0.4, -0.2) is 87.0 Å². The maximum absolute atomic E-state index is 15.7. The van der Waals surface area contributed by atoms with E-state index in [0.717, 1.165) is 36.0 Å². The number of carbonyl (C=O) groups excluding carboxylic acids is 1. The fraction of sp³-hybridized carbons (Fsp3) is 0.405. The molecule has 1 aromatic heterocycles. The molecule has 2 atom stereocenters. The standard InChI is InChI=1S/C37H41Cl2N5O6S/c1-24(2)42-17-15-41(16-18-42)23-25-7-12-34(49-4)29(20-25)37(43-14-5-6-32(43)35-40-13-19-50-35)28-21-30(38)31(39)22-33(28)44(36(37)45)51(46,47)27-10-8-26(48-3)9-11-27/h7-13,19-22,24,32H,5-6,14-18,23H2,1-4H3/t32-,37?/m0/s1. The van der Waals surface area contributed by atoms with E-state index in [1.54, 1.807) is 31.5 Å². The Morgan fingerprint density at radius 1 is 0.941 bits per heavy atom. The Bertz CT molecular complexity index is 2020. The molecular formula is C37H41Cl2N5O6S. The molecule has 7 rings (SSSR count). The summed E-state index contributed by atoms with van der Waals surface area (Å²) in [6.07, 6.45) is 4.39. The quantitative estimate of drug-likeness (QED) is 0.182. The topological polar surface area (TPSA) is 109 Å². The van der Waals surface area contributed by atoms with Gasteiger partial charge in [0.2, 0.25) is 5.89 Å². The van der Waals surface area contributed by atoms with Crippen molar-refractivity contribution in [1.29, 1.82) is 0 Å². The molecule has 51 heavy (non-hydrogen) atoms. The Kier molecular flexibility index (Phi) is 9.85. The highest BCUT2D eigenvalue weighted by molar-refractivity contribution is 7.93. The second kappa shape index (κ2) is 14.1. The monoisotopic (exact) mass is 753 g/mol. The zero-order chi connectivity index (χ0) is 36.1. The summed E-state index contributed by atoms with van der Waals surface area (Å²) in [5.74, 6) is 0.627. The van der Waals surface area contributed by atoms with Crippen LogP contribution in [0.1, 0.15) is 55.3 Å². The van der Waals surface area contributed by atoms with Gasteiger partial charge in [0, 0.05) is 56.4 Å². The van der Waals surface area contributed by atoms with Crippen molar-refractivity contribution < 1.29 is 27.1 Å². The van der Waals surface area contributed by atoms with Crippen LogP contribution < -0.4 is 13.8 Å². The van der Waals surface area contributed by atoms with E-state index in [0.29, 0.717) is 60.5 Å². The van der Waals surface area contributed by atoms with Crippen molar-refractivity contribution in [3.63, 3.8) is 0 Å². The number of benzene rings is 3. The number of fused-ring (bicyclic) bond motifs is 1. The average Bonchev–Trinajstić information content (AvgIpc) is 3.88. The van der Waals surface area contributed by atoms with Crippen LogP contribution in [0, 0.1) is 0 Å². The minimum absolute atomic E-state index is 0.0867. The van der Waals surface area contributed by atoms with Crippen LogP contribution in [0.25, 0.3) is 0 Å². The maximum Gasteiger partial charge on any atom is 0.271 e. The third-order valence-corrected chi connectivity index (χ3v) is 12.8. The molecule has 1 unspecified atom stereocenters. The number of rotatable bonds is 10. The largest absolute Gasteiger partial charge is 0.497 e. The summed E-state index contributed by atoms with van der Waals surface area (Å²) in [7, 11) is -1.45. The molecule has 3 aliphatic heterocycles. The summed E-state index contributed by atoms with van der Waals surface area (Å²) in [5.41, 5.74) is 0.218. The van der Waals surface area contributed by atoms with Crippen LogP contribution >= 0.6 is 23.2 Å². The van der Waals surface area contributed by atoms with E-state index in [1.165, 1.54) is 31.6 Å². The number of anilines is 1. The number of ether oxygens (including phenoxy) is 2. The molecule has 1 amide bonds. The number of likely N-dealkylation sites (tertiary alicyclic amines) is 1. The van der Waals surface area contributed by atoms with Gasteiger partial charge in [-0.25, -0.2) is 17.7 Å². The van der Waals surface area contributed by atoms with Crippen LogP contribution in [0.3, 0.4) is 0 Å².